The Balaban J connectivity index is 1.70. The summed E-state index contributed by atoms with van der Waals surface area (Å²) in [4.78, 5) is 13.0. The summed E-state index contributed by atoms with van der Waals surface area (Å²) in [5.74, 6) is 0.750. The molecule has 0 spiro atoms. The molecule has 0 aliphatic rings. The van der Waals surface area contributed by atoms with Gasteiger partial charge in [-0.2, -0.15) is 0 Å². The summed E-state index contributed by atoms with van der Waals surface area (Å²) in [5, 5.41) is 0.618. The van der Waals surface area contributed by atoms with E-state index in [0.29, 0.717) is 16.5 Å². The molecule has 1 N–H and O–H groups in total. The van der Waals surface area contributed by atoms with E-state index >= 15 is 0 Å². The van der Waals surface area contributed by atoms with Gasteiger partial charge in [-0.3, -0.25) is 9.48 Å². The van der Waals surface area contributed by atoms with Gasteiger partial charge in [0.15, 0.2) is 0 Å². The fourth-order valence-corrected chi connectivity index (χ4v) is 4.89. The summed E-state index contributed by atoms with van der Waals surface area (Å²) in [6.07, 6.45) is 0. The average molecular weight is 478 g/mol. The van der Waals surface area contributed by atoms with Gasteiger partial charge in [0, 0.05) is 29.9 Å². The zero-order valence-electron chi connectivity index (χ0n) is 18.8. The number of aryl methyl sites for hydroxylation is 1. The van der Waals surface area contributed by atoms with Crippen LogP contribution in [0.2, 0.25) is 5.02 Å². The third-order valence-corrected chi connectivity index (χ3v) is 7.07. The Morgan fingerprint density at radius 3 is 2.31 bits per heavy atom. The largest absolute Gasteiger partial charge is 0.492 e. The van der Waals surface area contributed by atoms with E-state index < -0.39 is 10.0 Å². The van der Waals surface area contributed by atoms with Gasteiger partial charge in [-0.25, -0.2) is 17.8 Å². The van der Waals surface area contributed by atoms with Crippen LogP contribution in [0.1, 0.15) is 36.6 Å². The lowest BCUT2D eigenvalue weighted by molar-refractivity contribution is 0.320. The molecule has 32 heavy (non-hydrogen) atoms. The van der Waals surface area contributed by atoms with Gasteiger partial charge in [0.05, 0.1) is 10.6 Å². The van der Waals surface area contributed by atoms with E-state index in [1.54, 1.807) is 39.7 Å². The highest BCUT2D eigenvalue weighted by Crippen LogP contribution is 2.22. The van der Waals surface area contributed by atoms with E-state index in [4.69, 9.17) is 16.3 Å². The Morgan fingerprint density at radius 2 is 1.75 bits per heavy atom. The minimum atomic E-state index is -3.71. The first-order chi connectivity index (χ1) is 15.0. The lowest BCUT2D eigenvalue weighted by Gasteiger charge is -2.12. The summed E-state index contributed by atoms with van der Waals surface area (Å²) in [5.41, 5.74) is 3.03. The van der Waals surface area contributed by atoms with Crippen molar-refractivity contribution in [1.29, 1.82) is 0 Å². The summed E-state index contributed by atoms with van der Waals surface area (Å²) in [6, 6.07) is 11.5. The maximum Gasteiger partial charge on any atom is 0.275 e. The average Bonchev–Trinajstić information content (AvgIpc) is 2.95. The first-order valence-electron chi connectivity index (χ1n) is 10.3. The highest BCUT2D eigenvalue weighted by atomic mass is 35.5. The zero-order valence-corrected chi connectivity index (χ0v) is 20.4. The molecule has 0 saturated heterocycles. The number of aromatic nitrogens is 2. The fourth-order valence-electron chi connectivity index (χ4n) is 3.65. The van der Waals surface area contributed by atoms with Crippen molar-refractivity contribution < 1.29 is 13.2 Å². The second-order valence-corrected chi connectivity index (χ2v) is 10.1. The molecule has 0 fully saturated rings. The Kier molecular flexibility index (Phi) is 7.17. The van der Waals surface area contributed by atoms with Crippen molar-refractivity contribution in [3.63, 3.8) is 0 Å². The van der Waals surface area contributed by atoms with Gasteiger partial charge in [0.25, 0.3) is 5.56 Å². The minimum Gasteiger partial charge on any atom is -0.492 e. The van der Waals surface area contributed by atoms with E-state index in [2.05, 4.69) is 4.72 Å². The number of rotatable bonds is 8. The van der Waals surface area contributed by atoms with Crippen molar-refractivity contribution in [3.05, 3.63) is 74.7 Å². The van der Waals surface area contributed by atoms with E-state index in [1.807, 2.05) is 34.7 Å². The summed E-state index contributed by atoms with van der Waals surface area (Å²) in [7, 11) is -1.90. The number of benzene rings is 2. The molecule has 0 amide bonds. The summed E-state index contributed by atoms with van der Waals surface area (Å²) in [6.45, 7) is 8.02. The molecule has 0 saturated carbocycles. The normalized spacial score (nSPS) is 11.8. The minimum absolute atomic E-state index is 0.0941. The van der Waals surface area contributed by atoms with Crippen LogP contribution in [0.25, 0.3) is 5.69 Å². The van der Waals surface area contributed by atoms with E-state index in [0.717, 1.165) is 16.8 Å². The van der Waals surface area contributed by atoms with Crippen LogP contribution < -0.4 is 15.0 Å². The van der Waals surface area contributed by atoms with Crippen molar-refractivity contribution in [2.24, 2.45) is 7.05 Å². The number of halogens is 1. The SMILES string of the molecule is Cc1cc(Cl)ccc1OCCNS(=O)(=O)c1ccc(-n2c(=O)c(C(C)C)c(C)n2C)cc1. The molecular weight excluding hydrogens is 450 g/mol. The maximum atomic E-state index is 12.9. The Hall–Kier alpha value is -2.55. The lowest BCUT2D eigenvalue weighted by atomic mass is 10.0. The van der Waals surface area contributed by atoms with Gasteiger partial charge >= 0.3 is 0 Å². The number of ether oxygens (including phenoxy) is 1. The monoisotopic (exact) mass is 477 g/mol. The third kappa shape index (κ3) is 4.92. The number of nitrogens with one attached hydrogen (secondary N) is 1. The summed E-state index contributed by atoms with van der Waals surface area (Å²) >= 11 is 5.93. The van der Waals surface area contributed by atoms with Crippen LogP contribution in [0.15, 0.2) is 52.2 Å². The van der Waals surface area contributed by atoms with Gasteiger partial charge in [-0.05, 0) is 67.8 Å². The molecule has 2 aromatic carbocycles. The highest BCUT2D eigenvalue weighted by Gasteiger charge is 2.19. The third-order valence-electron chi connectivity index (χ3n) is 5.36. The van der Waals surface area contributed by atoms with Crippen molar-refractivity contribution in [3.8, 4) is 11.4 Å². The van der Waals surface area contributed by atoms with E-state index in [-0.39, 0.29) is 29.5 Å². The molecule has 0 aliphatic carbocycles. The fraction of sp³-hybridized carbons (Fsp3) is 0.348. The molecule has 1 heterocycles. The second kappa shape index (κ2) is 9.52. The van der Waals surface area contributed by atoms with E-state index in [1.165, 1.54) is 12.1 Å². The van der Waals surface area contributed by atoms with Crippen molar-refractivity contribution in [1.82, 2.24) is 14.1 Å². The topological polar surface area (TPSA) is 82.3 Å². The molecular formula is C23H28ClN3O4S. The van der Waals surface area contributed by atoms with Crippen LogP contribution in [0.5, 0.6) is 5.75 Å². The number of hydrogen-bond donors (Lipinski definition) is 1. The van der Waals surface area contributed by atoms with Gasteiger partial charge in [-0.15, -0.1) is 0 Å². The quantitative estimate of drug-likeness (QED) is 0.498. The van der Waals surface area contributed by atoms with Crippen LogP contribution in [0, 0.1) is 13.8 Å². The predicted molar refractivity (Wildman–Crippen MR) is 127 cm³/mol. The molecule has 3 rings (SSSR count). The van der Waals surface area contributed by atoms with Gasteiger partial charge < -0.3 is 4.74 Å². The van der Waals surface area contributed by atoms with Gasteiger partial charge in [0.2, 0.25) is 10.0 Å². The maximum absolute atomic E-state index is 12.9. The molecule has 0 aliphatic heterocycles. The predicted octanol–water partition coefficient (Wildman–Crippen LogP) is 3.93. The Bertz CT molecular complexity index is 1280. The molecule has 3 aromatic rings. The first kappa shape index (κ1) is 24.1. The Morgan fingerprint density at radius 1 is 1.09 bits per heavy atom. The van der Waals surface area contributed by atoms with Crippen LogP contribution in [-0.2, 0) is 17.1 Å². The van der Waals surface area contributed by atoms with Crippen LogP contribution >= 0.6 is 11.6 Å². The Labute approximate surface area is 193 Å². The molecule has 0 bridgehead atoms. The van der Waals surface area contributed by atoms with E-state index in [9.17, 15) is 13.2 Å². The van der Waals surface area contributed by atoms with Gasteiger partial charge in [-0.1, -0.05) is 25.4 Å². The standard InChI is InChI=1S/C23H28ClN3O4S/c1-15(2)22-17(4)26(5)27(23(22)28)19-7-9-20(10-8-19)32(29,30)25-12-13-31-21-11-6-18(24)14-16(21)3/h6-11,14-15,25H,12-13H2,1-5H3. The zero-order chi connectivity index (χ0) is 23.6. The number of hydrogen-bond acceptors (Lipinski definition) is 4. The molecule has 0 atom stereocenters. The molecule has 172 valence electrons. The highest BCUT2D eigenvalue weighted by molar-refractivity contribution is 7.89. The lowest BCUT2D eigenvalue weighted by Crippen LogP contribution is -2.28. The molecule has 7 nitrogen and oxygen atoms in total. The van der Waals surface area contributed by atoms with Crippen molar-refractivity contribution in [2.75, 3.05) is 13.2 Å². The number of nitrogens with zero attached hydrogens (tertiary/aromatic N) is 2. The number of sulfonamides is 1. The van der Waals surface area contributed by atoms with Crippen molar-refractivity contribution >= 4 is 21.6 Å². The smallest absolute Gasteiger partial charge is 0.275 e. The molecule has 9 heteroatoms. The van der Waals surface area contributed by atoms with Crippen LogP contribution in [0.3, 0.4) is 0 Å². The first-order valence-corrected chi connectivity index (χ1v) is 12.2. The second-order valence-electron chi connectivity index (χ2n) is 7.94. The van der Waals surface area contributed by atoms with Crippen LogP contribution in [-0.4, -0.2) is 30.9 Å². The molecule has 0 unspecified atom stereocenters. The van der Waals surface area contributed by atoms with Gasteiger partial charge in [0.1, 0.15) is 12.4 Å². The van der Waals surface area contributed by atoms with Crippen molar-refractivity contribution in [2.45, 2.75) is 38.5 Å². The summed E-state index contributed by atoms with van der Waals surface area (Å²) < 4.78 is 36.8. The van der Waals surface area contributed by atoms with Crippen LogP contribution in [0.4, 0.5) is 0 Å². The molecule has 1 aromatic heterocycles. The molecule has 0 radical (unpaired) electrons.